The Labute approximate surface area is 708 Å². The molecule has 0 saturated heterocycles. The van der Waals surface area contributed by atoms with Crippen LogP contribution in [0.4, 0.5) is 0 Å². The highest BCUT2D eigenvalue weighted by atomic mass is 32.1. The number of nitrogens with one attached hydrogen (secondary N) is 15. The minimum Gasteiger partial charge on any atom is -0.508 e. The lowest BCUT2D eigenvalue weighted by atomic mass is 9.99. The number of carboxylic acid groups (broad SMARTS) is 1. The molecule has 1 aromatic heterocycles. The Morgan fingerprint density at radius 3 is 1.48 bits per heavy atom. The van der Waals surface area contributed by atoms with E-state index in [4.69, 9.17) is 33.4 Å². The number of carbonyl (C=O) groups is 17. The van der Waals surface area contributed by atoms with E-state index in [0.717, 1.165) is 6.92 Å². The van der Waals surface area contributed by atoms with Crippen LogP contribution in [0.3, 0.4) is 0 Å². The Morgan fingerprint density at radius 1 is 0.455 bits per heavy atom. The van der Waals surface area contributed by atoms with Crippen LogP contribution in [0.2, 0.25) is 0 Å². The van der Waals surface area contributed by atoms with E-state index in [-0.39, 0.29) is 81.7 Å². The second-order valence-corrected chi connectivity index (χ2v) is 29.4. The van der Waals surface area contributed by atoms with Crippen molar-refractivity contribution in [2.45, 2.75) is 164 Å². The van der Waals surface area contributed by atoms with E-state index in [1.54, 1.807) is 60.8 Å². The first-order valence-electron chi connectivity index (χ1n) is 38.9. The van der Waals surface area contributed by atoms with E-state index >= 15 is 4.79 Å². The molecule has 658 valence electrons. The number of phenolic OH excluding ortho intramolecular Hbond substituents is 1. The van der Waals surface area contributed by atoms with Gasteiger partial charge in [-0.3, -0.25) is 81.5 Å². The van der Waals surface area contributed by atoms with Crippen molar-refractivity contribution in [3.05, 3.63) is 137 Å². The lowest BCUT2D eigenvalue weighted by Crippen LogP contribution is -2.62. The first-order valence-corrected chi connectivity index (χ1v) is 40.2. The zero-order valence-electron chi connectivity index (χ0n) is 67.4. The summed E-state index contributed by atoms with van der Waals surface area (Å²) < 4.78 is 5.32. The van der Waals surface area contributed by atoms with Crippen LogP contribution in [-0.4, -0.2) is 246 Å². The molecule has 0 saturated carbocycles. The van der Waals surface area contributed by atoms with Crippen LogP contribution in [0.15, 0.2) is 109 Å². The number of aliphatic carboxylic acids is 1. The topological polar surface area (TPSA) is 654 Å². The number of rotatable bonds is 53. The standard InChI is InChI=1S/C79H110N20O20S2/c1-42(2)66(99-75(114)58(34-49-37-86-52-16-9-8-15-51(49)52)96-74(113)59(35-65(104)105)92-69(108)43(3)88-77(116)61(40-120)89-44(4)100)79(118)98-62(41-121)78(117)95-57(33-47-21-25-50(101)26-22-47)73(112)94-56(32-46-19-23-48(24-20-46)67(83)106)72(111)91-54(18-12-28-81)71(110)97-60(36-82)76(115)93-55(31-45-13-6-5-7-14-45)70(109)87-38-63(102)85-29-30-119-39-64(103)90-53(68(84)107)17-10-11-27-80/h5-9,13-16,19-26,37,42-43,53-62,66,86,101,120-121H,10-12,17-18,27-36,38-41,80-82H2,1-4H3,(H2,83,106)(H2,84,107)(H,85,102)(H,87,109)(H,88,116)(H,89,100)(H,90,103)(H,91,111)(H,92,108)(H,93,115)(H,94,112)(H,95,117)(H,96,113)(H,97,110)(H,98,118)(H,99,114)(H,104,105)/t43-,53+,54-,55-,56-,57-,58-,59-,60-,61-,62-,66-/m0/s1. The average molecular weight is 1720 g/mol. The van der Waals surface area contributed by atoms with Crippen LogP contribution in [0, 0.1) is 5.92 Å². The highest BCUT2D eigenvalue weighted by Gasteiger charge is 2.38. The quantitative estimate of drug-likeness (QED) is 0.0128. The molecule has 12 atom stereocenters. The lowest BCUT2D eigenvalue weighted by molar-refractivity contribution is -0.141. The van der Waals surface area contributed by atoms with Gasteiger partial charge < -0.3 is 123 Å². The number of ether oxygens (including phenoxy) is 1. The number of hydrogen-bond donors (Lipinski definition) is 24. The van der Waals surface area contributed by atoms with Gasteiger partial charge in [0.2, 0.25) is 94.5 Å². The molecule has 121 heavy (non-hydrogen) atoms. The second-order valence-electron chi connectivity index (χ2n) is 28.6. The maximum absolute atomic E-state index is 15.1. The predicted octanol–water partition coefficient (Wildman–Crippen LogP) is -5.35. The molecule has 0 bridgehead atoms. The van der Waals surface area contributed by atoms with Crippen LogP contribution in [0.25, 0.3) is 10.9 Å². The lowest BCUT2D eigenvalue weighted by Gasteiger charge is -2.29. The molecule has 0 aliphatic heterocycles. The van der Waals surface area contributed by atoms with Gasteiger partial charge in [0.25, 0.3) is 0 Å². The third-order valence-electron chi connectivity index (χ3n) is 18.7. The van der Waals surface area contributed by atoms with E-state index in [1.807, 2.05) is 0 Å². The molecule has 5 rings (SSSR count). The van der Waals surface area contributed by atoms with E-state index < -0.39 is 211 Å². The van der Waals surface area contributed by atoms with E-state index in [0.29, 0.717) is 52.5 Å². The third kappa shape index (κ3) is 34.2. The van der Waals surface area contributed by atoms with Crippen LogP contribution >= 0.6 is 25.3 Å². The van der Waals surface area contributed by atoms with Crippen LogP contribution in [0.5, 0.6) is 5.75 Å². The van der Waals surface area contributed by atoms with E-state index in [9.17, 15) is 86.9 Å². The van der Waals surface area contributed by atoms with Gasteiger partial charge in [-0.05, 0) is 111 Å². The Balaban J connectivity index is 1.36. The van der Waals surface area contributed by atoms with Gasteiger partial charge in [-0.25, -0.2) is 0 Å². The number of para-hydroxylation sites is 1. The Kier molecular flexibility index (Phi) is 42.1. The Bertz CT molecular complexity index is 4390. The van der Waals surface area contributed by atoms with Crippen molar-refractivity contribution in [2.75, 3.05) is 57.4 Å². The number of H-pyrrole nitrogens is 1. The van der Waals surface area contributed by atoms with Gasteiger partial charge in [-0.15, -0.1) is 0 Å². The largest absolute Gasteiger partial charge is 0.508 e. The number of amides is 16. The summed E-state index contributed by atoms with van der Waals surface area (Å²) >= 11 is 8.45. The number of aromatic hydroxyl groups is 1. The van der Waals surface area contributed by atoms with Crippen molar-refractivity contribution in [2.24, 2.45) is 34.6 Å². The fourth-order valence-corrected chi connectivity index (χ4v) is 12.6. The summed E-state index contributed by atoms with van der Waals surface area (Å²) in [7, 11) is 0. The van der Waals surface area contributed by atoms with Crippen molar-refractivity contribution in [1.82, 2.24) is 79.4 Å². The van der Waals surface area contributed by atoms with Gasteiger partial charge >= 0.3 is 5.97 Å². The van der Waals surface area contributed by atoms with Crippen molar-refractivity contribution in [3.63, 3.8) is 0 Å². The number of hydrogen-bond acceptors (Lipinski definition) is 24. The number of nitrogens with two attached hydrogens (primary N) is 5. The number of unbranched alkanes of at least 4 members (excludes halogenated alkanes) is 1. The summed E-state index contributed by atoms with van der Waals surface area (Å²) in [6.07, 6.45) is 0.715. The molecule has 5 aromatic rings. The summed E-state index contributed by atoms with van der Waals surface area (Å²) in [5, 5.41) is 56.0. The van der Waals surface area contributed by atoms with Crippen molar-refractivity contribution in [1.29, 1.82) is 0 Å². The number of aromatic nitrogens is 1. The van der Waals surface area contributed by atoms with Crippen molar-refractivity contribution in [3.8, 4) is 5.75 Å². The van der Waals surface area contributed by atoms with Crippen molar-refractivity contribution >= 4 is 137 Å². The zero-order valence-corrected chi connectivity index (χ0v) is 69.1. The predicted molar refractivity (Wildman–Crippen MR) is 448 cm³/mol. The number of phenols is 1. The molecule has 0 fully saturated rings. The molecule has 16 amide bonds. The number of carbonyl (C=O) groups excluding carboxylic acids is 16. The molecule has 40 nitrogen and oxygen atoms in total. The molecule has 42 heteroatoms. The summed E-state index contributed by atoms with van der Waals surface area (Å²) in [5.41, 5.74) is 30.9. The highest BCUT2D eigenvalue weighted by molar-refractivity contribution is 7.80. The smallest absolute Gasteiger partial charge is 0.305 e. The van der Waals surface area contributed by atoms with E-state index in [1.165, 1.54) is 69.3 Å². The molecule has 0 aliphatic carbocycles. The minimum atomic E-state index is -1.88. The number of thiol groups is 2. The summed E-state index contributed by atoms with van der Waals surface area (Å²) in [6.45, 7) is 3.96. The molecule has 1 heterocycles. The number of aromatic amines is 1. The molecular weight excluding hydrogens is 1610 g/mol. The Hall–Kier alpha value is -12.2. The summed E-state index contributed by atoms with van der Waals surface area (Å²) in [6, 6.07) is 8.32. The van der Waals surface area contributed by atoms with Gasteiger partial charge in [-0.2, -0.15) is 25.3 Å². The molecule has 0 unspecified atom stereocenters. The third-order valence-corrected chi connectivity index (χ3v) is 19.5. The first-order chi connectivity index (χ1) is 57.6. The number of carboxylic acids is 1. The zero-order chi connectivity index (χ0) is 89.4. The van der Waals surface area contributed by atoms with Gasteiger partial charge in [0.05, 0.1) is 19.6 Å². The number of benzene rings is 4. The van der Waals surface area contributed by atoms with Gasteiger partial charge in [0.15, 0.2) is 0 Å². The number of primary amides is 2. The normalized spacial score (nSPS) is 14.0. The summed E-state index contributed by atoms with van der Waals surface area (Å²) in [5.74, 6) is -17.5. The fraction of sp³-hybridized carbons (Fsp3) is 0.456. The van der Waals surface area contributed by atoms with Gasteiger partial charge in [-0.1, -0.05) is 86.6 Å². The maximum atomic E-state index is 15.1. The monoisotopic (exact) mass is 1720 g/mol. The molecule has 27 N–H and O–H groups in total. The Morgan fingerprint density at radius 2 is 0.926 bits per heavy atom. The van der Waals surface area contributed by atoms with Crippen LogP contribution < -0.4 is 103 Å². The highest BCUT2D eigenvalue weighted by Crippen LogP contribution is 2.21. The maximum Gasteiger partial charge on any atom is 0.305 e. The number of fused-ring (bicyclic) bond motifs is 1. The fourth-order valence-electron chi connectivity index (χ4n) is 12.1. The molecule has 0 aliphatic rings. The van der Waals surface area contributed by atoms with Gasteiger partial charge in [0, 0.05) is 79.9 Å². The average Bonchev–Trinajstić information content (AvgIpc) is 1.72. The van der Waals surface area contributed by atoms with Crippen LogP contribution in [0.1, 0.15) is 98.8 Å². The minimum absolute atomic E-state index is 0.0217. The van der Waals surface area contributed by atoms with Gasteiger partial charge in [0.1, 0.15) is 84.9 Å². The van der Waals surface area contributed by atoms with E-state index in [2.05, 4.69) is 105 Å². The van der Waals surface area contributed by atoms with Crippen LogP contribution in [-0.2, 0) is 107 Å². The molecular formula is C79H110N20O20S2. The first kappa shape index (κ1) is 99.3. The summed E-state index contributed by atoms with van der Waals surface area (Å²) in [4.78, 5) is 234. The molecule has 0 spiro atoms. The molecule has 0 radical (unpaired) electrons. The second kappa shape index (κ2) is 51.3. The molecule has 4 aromatic carbocycles. The van der Waals surface area contributed by atoms with Crippen molar-refractivity contribution < 1.29 is 96.5 Å². The SMILES string of the molecule is CC(=O)N[C@@H](CS)C(=O)N[C@@H](C)C(=O)N[C@@H](CC(=O)O)C(=O)N[C@@H](Cc1c[nH]c2ccccc12)C(=O)N[C@H](C(=O)N[C@@H](CS)C(=O)N[C@@H](Cc1ccc(O)cc1)C(=O)N[C@@H](Cc1ccc(C(N)=O)cc1)C(=O)N[C@@H](CCCN)C(=O)N[C@@H](CN)C(=O)N[C@@H](Cc1ccccc1)C(=O)NCC(=O)NCCOCC(=O)N[C@H](CCCCN)C(N)=O)C(C)C.